The molecule has 0 unspecified atom stereocenters. The van der Waals surface area contributed by atoms with E-state index in [0.29, 0.717) is 35.3 Å². The average Bonchev–Trinajstić information content (AvgIpc) is 3.30. The molecule has 180 valence electrons. The summed E-state index contributed by atoms with van der Waals surface area (Å²) in [6.45, 7) is 3.48. The van der Waals surface area contributed by atoms with Gasteiger partial charge >= 0.3 is 0 Å². The molecule has 3 heterocycles. The molecule has 1 saturated heterocycles. The number of nitrogens with zero attached hydrogens (tertiary/aromatic N) is 4. The van der Waals surface area contributed by atoms with Gasteiger partial charge in [0.2, 0.25) is 5.91 Å². The summed E-state index contributed by atoms with van der Waals surface area (Å²) in [5, 5.41) is 15.7. The minimum absolute atomic E-state index is 0.0510. The van der Waals surface area contributed by atoms with Crippen molar-refractivity contribution in [2.24, 2.45) is 5.92 Å². The SMILES string of the molecule is Cc1c[nH]c2ncnc(N3CCC(C(=O)Nc4cccc(C(=O)Nc5ccc(C#N)cc5)c4)CC3)c12. The van der Waals surface area contributed by atoms with Crippen LogP contribution in [0, 0.1) is 24.2 Å². The molecular weight excluding hydrogens is 454 g/mol. The normalized spacial score (nSPS) is 13.8. The van der Waals surface area contributed by atoms with Crippen LogP contribution < -0.4 is 15.5 Å². The molecule has 5 rings (SSSR count). The van der Waals surface area contributed by atoms with Gasteiger partial charge in [-0.2, -0.15) is 5.26 Å². The van der Waals surface area contributed by atoms with Gasteiger partial charge in [-0.1, -0.05) is 6.07 Å². The molecule has 0 saturated carbocycles. The van der Waals surface area contributed by atoms with E-state index in [4.69, 9.17) is 5.26 Å². The number of aryl methyl sites for hydroxylation is 1. The number of anilines is 3. The summed E-state index contributed by atoms with van der Waals surface area (Å²) in [6, 6.07) is 15.6. The number of carbonyl (C=O) groups excluding carboxylic acids is 2. The molecule has 2 aromatic carbocycles. The van der Waals surface area contributed by atoms with Gasteiger partial charge in [0.15, 0.2) is 0 Å². The van der Waals surface area contributed by atoms with Gasteiger partial charge in [0, 0.05) is 42.1 Å². The Morgan fingerprint density at radius 3 is 2.58 bits per heavy atom. The van der Waals surface area contributed by atoms with E-state index in [1.807, 2.05) is 19.2 Å². The van der Waals surface area contributed by atoms with Crippen LogP contribution in [0.1, 0.15) is 34.3 Å². The first kappa shape index (κ1) is 23.1. The van der Waals surface area contributed by atoms with Crippen molar-refractivity contribution in [3.05, 3.63) is 77.7 Å². The van der Waals surface area contributed by atoms with Gasteiger partial charge in [-0.15, -0.1) is 0 Å². The van der Waals surface area contributed by atoms with E-state index < -0.39 is 0 Å². The first-order valence-electron chi connectivity index (χ1n) is 11.8. The number of fused-ring (bicyclic) bond motifs is 1. The van der Waals surface area contributed by atoms with Crippen molar-refractivity contribution >= 4 is 40.0 Å². The zero-order valence-electron chi connectivity index (χ0n) is 19.8. The first-order chi connectivity index (χ1) is 17.5. The van der Waals surface area contributed by atoms with E-state index in [-0.39, 0.29) is 17.7 Å². The summed E-state index contributed by atoms with van der Waals surface area (Å²) < 4.78 is 0. The number of benzene rings is 2. The average molecular weight is 480 g/mol. The number of hydrogen-bond acceptors (Lipinski definition) is 6. The highest BCUT2D eigenvalue weighted by Gasteiger charge is 2.27. The van der Waals surface area contributed by atoms with Crippen LogP contribution >= 0.6 is 0 Å². The Hall–Kier alpha value is -4.71. The lowest BCUT2D eigenvalue weighted by atomic mass is 9.95. The number of hydrogen-bond donors (Lipinski definition) is 3. The number of aromatic amines is 1. The summed E-state index contributed by atoms with van der Waals surface area (Å²) in [5.74, 6) is 0.436. The second kappa shape index (κ2) is 9.88. The van der Waals surface area contributed by atoms with Crippen molar-refractivity contribution in [3.8, 4) is 6.07 Å². The smallest absolute Gasteiger partial charge is 0.255 e. The van der Waals surface area contributed by atoms with Crippen molar-refractivity contribution in [1.29, 1.82) is 5.26 Å². The predicted molar refractivity (Wildman–Crippen MR) is 138 cm³/mol. The van der Waals surface area contributed by atoms with Crippen LogP contribution in [0.5, 0.6) is 0 Å². The largest absolute Gasteiger partial charge is 0.356 e. The molecule has 0 spiro atoms. The number of aromatic nitrogens is 3. The molecule has 0 radical (unpaired) electrons. The predicted octanol–water partition coefficient (Wildman–Crippen LogP) is 4.25. The van der Waals surface area contributed by atoms with Crippen LogP contribution in [-0.2, 0) is 4.79 Å². The van der Waals surface area contributed by atoms with Crippen molar-refractivity contribution in [3.63, 3.8) is 0 Å². The van der Waals surface area contributed by atoms with Crippen molar-refractivity contribution in [1.82, 2.24) is 15.0 Å². The Labute approximate surface area is 208 Å². The maximum absolute atomic E-state index is 13.0. The van der Waals surface area contributed by atoms with Crippen LogP contribution in [0.25, 0.3) is 11.0 Å². The number of amides is 2. The molecule has 36 heavy (non-hydrogen) atoms. The Morgan fingerprint density at radius 1 is 1.06 bits per heavy atom. The van der Waals surface area contributed by atoms with Gasteiger partial charge in [-0.25, -0.2) is 9.97 Å². The van der Waals surface area contributed by atoms with Crippen LogP contribution in [0.3, 0.4) is 0 Å². The number of nitriles is 1. The van der Waals surface area contributed by atoms with Crippen LogP contribution in [0.4, 0.5) is 17.2 Å². The Bertz CT molecular complexity index is 1460. The van der Waals surface area contributed by atoms with Crippen LogP contribution in [-0.4, -0.2) is 39.9 Å². The summed E-state index contributed by atoms with van der Waals surface area (Å²) in [4.78, 5) is 39.8. The van der Waals surface area contributed by atoms with E-state index in [9.17, 15) is 9.59 Å². The van der Waals surface area contributed by atoms with Crippen molar-refractivity contribution in [2.45, 2.75) is 19.8 Å². The van der Waals surface area contributed by atoms with Crippen LogP contribution in [0.15, 0.2) is 61.1 Å². The van der Waals surface area contributed by atoms with Crippen molar-refractivity contribution in [2.75, 3.05) is 28.6 Å². The number of H-pyrrole nitrogens is 1. The lowest BCUT2D eigenvalue weighted by Gasteiger charge is -2.32. The Kier molecular flexibility index (Phi) is 6.33. The van der Waals surface area contributed by atoms with E-state index in [1.54, 1.807) is 54.9 Å². The maximum atomic E-state index is 13.0. The number of carbonyl (C=O) groups is 2. The standard InChI is InChI=1S/C27H25N7O2/c1-17-15-29-24-23(17)25(31-16-30-24)34-11-9-19(10-12-34)26(35)33-22-4-2-3-20(13-22)27(36)32-21-7-5-18(14-28)6-8-21/h2-8,13,15-16,19H,9-12H2,1H3,(H,32,36)(H,33,35)(H,29,30,31). The number of nitrogens with one attached hydrogen (secondary N) is 3. The highest BCUT2D eigenvalue weighted by molar-refractivity contribution is 6.05. The van der Waals surface area contributed by atoms with Gasteiger partial charge in [-0.05, 0) is 67.8 Å². The van der Waals surface area contributed by atoms with Gasteiger partial charge < -0.3 is 20.5 Å². The zero-order valence-corrected chi connectivity index (χ0v) is 19.8. The Balaban J connectivity index is 1.20. The maximum Gasteiger partial charge on any atom is 0.255 e. The fourth-order valence-corrected chi connectivity index (χ4v) is 4.50. The lowest BCUT2D eigenvalue weighted by Crippen LogP contribution is -2.38. The zero-order chi connectivity index (χ0) is 25.1. The van der Waals surface area contributed by atoms with Gasteiger partial charge in [0.25, 0.3) is 5.91 Å². The lowest BCUT2D eigenvalue weighted by molar-refractivity contribution is -0.120. The Morgan fingerprint density at radius 2 is 1.83 bits per heavy atom. The molecule has 0 atom stereocenters. The fraction of sp³-hybridized carbons (Fsp3) is 0.222. The third-order valence-corrected chi connectivity index (χ3v) is 6.48. The van der Waals surface area contributed by atoms with Gasteiger partial charge in [-0.3, -0.25) is 9.59 Å². The molecule has 2 aromatic heterocycles. The summed E-state index contributed by atoms with van der Waals surface area (Å²) >= 11 is 0. The molecule has 9 nitrogen and oxygen atoms in total. The second-order valence-corrected chi connectivity index (χ2v) is 8.87. The van der Waals surface area contributed by atoms with Gasteiger partial charge in [0.05, 0.1) is 17.0 Å². The topological polar surface area (TPSA) is 127 Å². The van der Waals surface area contributed by atoms with Crippen molar-refractivity contribution < 1.29 is 9.59 Å². The molecule has 0 aliphatic carbocycles. The molecule has 9 heteroatoms. The monoisotopic (exact) mass is 479 g/mol. The molecule has 1 aliphatic rings. The molecular formula is C27H25N7O2. The highest BCUT2D eigenvalue weighted by Crippen LogP contribution is 2.29. The quantitative estimate of drug-likeness (QED) is 0.393. The van der Waals surface area contributed by atoms with E-state index in [0.717, 1.165) is 35.5 Å². The molecule has 1 aliphatic heterocycles. The minimum atomic E-state index is -0.291. The molecule has 2 amide bonds. The summed E-state index contributed by atoms with van der Waals surface area (Å²) in [6.07, 6.45) is 4.91. The minimum Gasteiger partial charge on any atom is -0.356 e. The van der Waals surface area contributed by atoms with E-state index in [2.05, 4.69) is 30.5 Å². The molecule has 3 N–H and O–H groups in total. The molecule has 0 bridgehead atoms. The molecule has 4 aromatic rings. The third kappa shape index (κ3) is 4.74. The van der Waals surface area contributed by atoms with Gasteiger partial charge in [0.1, 0.15) is 17.8 Å². The summed E-state index contributed by atoms with van der Waals surface area (Å²) in [5.41, 5.74) is 4.05. The van der Waals surface area contributed by atoms with E-state index in [1.165, 1.54) is 0 Å². The number of piperidine rings is 1. The fourth-order valence-electron chi connectivity index (χ4n) is 4.50. The summed E-state index contributed by atoms with van der Waals surface area (Å²) in [7, 11) is 0. The van der Waals surface area contributed by atoms with Crippen LogP contribution in [0.2, 0.25) is 0 Å². The third-order valence-electron chi connectivity index (χ3n) is 6.48. The number of rotatable bonds is 5. The molecule has 1 fully saturated rings. The first-order valence-corrected chi connectivity index (χ1v) is 11.8. The second-order valence-electron chi connectivity index (χ2n) is 8.87. The van der Waals surface area contributed by atoms with E-state index >= 15 is 0 Å². The highest BCUT2D eigenvalue weighted by atomic mass is 16.2.